The molecule has 0 radical (unpaired) electrons. The van der Waals surface area contributed by atoms with Gasteiger partial charge in [-0.05, 0) is 49.5 Å². The Balaban J connectivity index is 1.28. The number of nitrogens with one attached hydrogen (secondary N) is 2. The van der Waals surface area contributed by atoms with Gasteiger partial charge in [-0.2, -0.15) is 0 Å². The van der Waals surface area contributed by atoms with Crippen molar-refractivity contribution in [3.05, 3.63) is 60.4 Å². The van der Waals surface area contributed by atoms with Gasteiger partial charge in [0.25, 0.3) is 5.91 Å². The van der Waals surface area contributed by atoms with E-state index in [2.05, 4.69) is 42.1 Å². The van der Waals surface area contributed by atoms with Crippen molar-refractivity contribution in [3.8, 4) is 17.3 Å². The Bertz CT molecular complexity index is 1260. The summed E-state index contributed by atoms with van der Waals surface area (Å²) in [5.41, 5.74) is 3.50. The molecule has 0 unspecified atom stereocenters. The average molecular weight is 444 g/mol. The maximum atomic E-state index is 12.7. The number of carbonyl (C=O) groups excluding carboxylic acids is 1. The van der Waals surface area contributed by atoms with E-state index in [1.54, 1.807) is 19.5 Å². The molecular formula is C24H25N7O2. The van der Waals surface area contributed by atoms with Crippen LogP contribution in [-0.4, -0.2) is 71.1 Å². The van der Waals surface area contributed by atoms with Crippen molar-refractivity contribution in [1.29, 1.82) is 0 Å². The van der Waals surface area contributed by atoms with Crippen LogP contribution in [0.25, 0.3) is 22.6 Å². The van der Waals surface area contributed by atoms with Crippen LogP contribution in [0, 0.1) is 0 Å². The molecule has 0 spiro atoms. The van der Waals surface area contributed by atoms with Gasteiger partial charge in [-0.15, -0.1) is 0 Å². The van der Waals surface area contributed by atoms with Gasteiger partial charge in [0, 0.05) is 38.1 Å². The number of benzene rings is 1. The van der Waals surface area contributed by atoms with Crippen LogP contribution < -0.4 is 15.0 Å². The molecule has 1 aromatic carbocycles. The van der Waals surface area contributed by atoms with Gasteiger partial charge in [0.2, 0.25) is 0 Å². The molecule has 33 heavy (non-hydrogen) atoms. The van der Waals surface area contributed by atoms with E-state index in [9.17, 15) is 4.79 Å². The highest BCUT2D eigenvalue weighted by Crippen LogP contribution is 2.23. The third kappa shape index (κ3) is 4.49. The van der Waals surface area contributed by atoms with Crippen molar-refractivity contribution in [2.45, 2.75) is 0 Å². The number of amides is 1. The normalized spacial score (nSPS) is 14.4. The highest BCUT2D eigenvalue weighted by Gasteiger charge is 2.16. The number of aromatic amines is 1. The summed E-state index contributed by atoms with van der Waals surface area (Å²) in [5.74, 6) is 2.03. The Labute approximate surface area is 191 Å². The molecule has 1 amide bonds. The number of methoxy groups -OCH3 is 1. The standard InChI is InChI=1S/C24H25N7O2/c1-30-9-11-31(12-10-30)22-8-3-16(14-26-22)24(32)27-17-4-6-19-21(13-17)29-23(28-19)20-7-5-18(33-2)15-25-20/h3-8,13-15H,9-12H2,1-2H3,(H,27,32)(H,28,29). The van der Waals surface area contributed by atoms with Crippen LogP contribution in [0.15, 0.2) is 54.9 Å². The van der Waals surface area contributed by atoms with Gasteiger partial charge in [0.15, 0.2) is 5.82 Å². The number of H-pyrrole nitrogens is 1. The number of likely N-dealkylation sites (N-methyl/N-ethyl adjacent to an activating group) is 1. The van der Waals surface area contributed by atoms with Gasteiger partial charge in [0.1, 0.15) is 17.3 Å². The number of hydrogen-bond acceptors (Lipinski definition) is 7. The smallest absolute Gasteiger partial charge is 0.257 e. The van der Waals surface area contributed by atoms with Crippen LogP contribution >= 0.6 is 0 Å². The van der Waals surface area contributed by atoms with E-state index in [1.807, 2.05) is 42.5 Å². The van der Waals surface area contributed by atoms with Gasteiger partial charge in [-0.1, -0.05) is 0 Å². The number of imidazole rings is 1. The van der Waals surface area contributed by atoms with Crippen molar-refractivity contribution >= 4 is 28.4 Å². The van der Waals surface area contributed by atoms with Crippen molar-refractivity contribution in [1.82, 2.24) is 24.8 Å². The van der Waals surface area contributed by atoms with Gasteiger partial charge in [-0.25, -0.2) is 15.0 Å². The lowest BCUT2D eigenvalue weighted by atomic mass is 10.2. The number of hydrogen-bond donors (Lipinski definition) is 2. The number of anilines is 2. The van der Waals surface area contributed by atoms with E-state index in [0.717, 1.165) is 43.0 Å². The Morgan fingerprint density at radius 2 is 1.88 bits per heavy atom. The molecule has 1 saturated heterocycles. The molecule has 4 aromatic rings. The van der Waals surface area contributed by atoms with Crippen LogP contribution in [0.4, 0.5) is 11.5 Å². The quantitative estimate of drug-likeness (QED) is 0.489. The molecule has 168 valence electrons. The zero-order chi connectivity index (χ0) is 22.8. The lowest BCUT2D eigenvalue weighted by molar-refractivity contribution is 0.102. The number of fused-ring (bicyclic) bond motifs is 1. The van der Waals surface area contributed by atoms with E-state index >= 15 is 0 Å². The first-order valence-corrected chi connectivity index (χ1v) is 10.8. The predicted octanol–water partition coefficient (Wildman–Crippen LogP) is 3.03. The second-order valence-corrected chi connectivity index (χ2v) is 8.05. The molecule has 2 N–H and O–H groups in total. The fourth-order valence-corrected chi connectivity index (χ4v) is 3.80. The first-order valence-electron chi connectivity index (χ1n) is 10.8. The molecule has 0 bridgehead atoms. The number of pyridine rings is 2. The Hall–Kier alpha value is -3.98. The minimum absolute atomic E-state index is 0.205. The SMILES string of the molecule is COc1ccc(-c2nc3ccc(NC(=O)c4ccc(N5CCN(C)CC5)nc4)cc3[nH]2)nc1. The Morgan fingerprint density at radius 1 is 1.03 bits per heavy atom. The summed E-state index contributed by atoms with van der Waals surface area (Å²) in [6.45, 7) is 3.90. The fourth-order valence-electron chi connectivity index (χ4n) is 3.80. The molecule has 1 fully saturated rings. The number of rotatable bonds is 5. The van der Waals surface area contributed by atoms with Gasteiger partial charge >= 0.3 is 0 Å². The topological polar surface area (TPSA) is 99.3 Å². The number of nitrogens with zero attached hydrogens (tertiary/aromatic N) is 5. The summed E-state index contributed by atoms with van der Waals surface area (Å²) < 4.78 is 5.15. The zero-order valence-corrected chi connectivity index (χ0v) is 18.6. The average Bonchev–Trinajstić information content (AvgIpc) is 3.28. The maximum absolute atomic E-state index is 12.7. The van der Waals surface area contributed by atoms with Crippen molar-refractivity contribution in [3.63, 3.8) is 0 Å². The van der Waals surface area contributed by atoms with Crippen molar-refractivity contribution in [2.75, 3.05) is 50.6 Å². The molecule has 0 aliphatic carbocycles. The largest absolute Gasteiger partial charge is 0.495 e. The van der Waals surface area contributed by atoms with Crippen LogP contribution in [0.3, 0.4) is 0 Å². The summed E-state index contributed by atoms with van der Waals surface area (Å²) in [7, 11) is 3.72. The minimum atomic E-state index is -0.205. The Kier molecular flexibility index (Phi) is 5.62. The van der Waals surface area contributed by atoms with Crippen LogP contribution in [-0.2, 0) is 0 Å². The predicted molar refractivity (Wildman–Crippen MR) is 128 cm³/mol. The molecule has 5 rings (SSSR count). The van der Waals surface area contributed by atoms with E-state index in [4.69, 9.17) is 4.74 Å². The summed E-state index contributed by atoms with van der Waals surface area (Å²) >= 11 is 0. The summed E-state index contributed by atoms with van der Waals surface area (Å²) in [6, 6.07) is 13.0. The molecule has 1 aliphatic heterocycles. The molecule has 4 heterocycles. The molecule has 9 heteroatoms. The Morgan fingerprint density at radius 3 is 2.58 bits per heavy atom. The van der Waals surface area contributed by atoms with Crippen LogP contribution in [0.5, 0.6) is 5.75 Å². The number of carbonyl (C=O) groups is 1. The first-order chi connectivity index (χ1) is 16.1. The van der Waals surface area contributed by atoms with E-state index in [0.29, 0.717) is 28.5 Å². The maximum Gasteiger partial charge on any atom is 0.257 e. The van der Waals surface area contributed by atoms with Gasteiger partial charge in [0.05, 0.1) is 29.9 Å². The summed E-state index contributed by atoms with van der Waals surface area (Å²) in [4.78, 5) is 34.0. The van der Waals surface area contributed by atoms with Crippen LogP contribution in [0.2, 0.25) is 0 Å². The third-order valence-corrected chi connectivity index (χ3v) is 5.79. The zero-order valence-electron chi connectivity index (χ0n) is 18.6. The molecule has 1 aliphatic rings. The summed E-state index contributed by atoms with van der Waals surface area (Å²) in [5, 5.41) is 2.94. The molecular weight excluding hydrogens is 418 g/mol. The number of piperazine rings is 1. The van der Waals surface area contributed by atoms with E-state index in [-0.39, 0.29) is 5.91 Å². The summed E-state index contributed by atoms with van der Waals surface area (Å²) in [6.07, 6.45) is 3.28. The lowest BCUT2D eigenvalue weighted by Gasteiger charge is -2.33. The van der Waals surface area contributed by atoms with Crippen LogP contribution in [0.1, 0.15) is 10.4 Å². The van der Waals surface area contributed by atoms with E-state index in [1.165, 1.54) is 0 Å². The molecule has 0 atom stereocenters. The highest BCUT2D eigenvalue weighted by atomic mass is 16.5. The second kappa shape index (κ2) is 8.87. The monoisotopic (exact) mass is 443 g/mol. The van der Waals surface area contributed by atoms with Crippen molar-refractivity contribution in [2.24, 2.45) is 0 Å². The first kappa shape index (κ1) is 20.9. The third-order valence-electron chi connectivity index (χ3n) is 5.79. The van der Waals surface area contributed by atoms with E-state index < -0.39 is 0 Å². The van der Waals surface area contributed by atoms with Gasteiger partial charge in [-0.3, -0.25) is 4.79 Å². The molecule has 0 saturated carbocycles. The fraction of sp³-hybridized carbons (Fsp3) is 0.250. The number of aromatic nitrogens is 4. The molecule has 9 nitrogen and oxygen atoms in total. The lowest BCUT2D eigenvalue weighted by Crippen LogP contribution is -2.44. The second-order valence-electron chi connectivity index (χ2n) is 8.05. The van der Waals surface area contributed by atoms with Crippen molar-refractivity contribution < 1.29 is 9.53 Å². The van der Waals surface area contributed by atoms with Gasteiger partial charge < -0.3 is 24.8 Å². The minimum Gasteiger partial charge on any atom is -0.495 e. The molecule has 3 aromatic heterocycles. The highest BCUT2D eigenvalue weighted by molar-refractivity contribution is 6.04. The number of ether oxygens (including phenoxy) is 1.